The molecule has 0 unspecified atom stereocenters. The highest BCUT2D eigenvalue weighted by Crippen LogP contribution is 2.33. The molecule has 1 aliphatic carbocycles. The van der Waals surface area contributed by atoms with Crippen LogP contribution in [0.25, 0.3) is 22.0 Å². The molecule has 134 valence electrons. The number of amides is 1. The molecule has 0 saturated heterocycles. The van der Waals surface area contributed by atoms with E-state index >= 15 is 0 Å². The molecule has 1 N–H and O–H groups in total. The van der Waals surface area contributed by atoms with Gasteiger partial charge < -0.3 is 5.32 Å². The number of pyridine rings is 1. The Balaban J connectivity index is 1.61. The lowest BCUT2D eigenvalue weighted by Gasteiger charge is -2.27. The van der Waals surface area contributed by atoms with E-state index < -0.39 is 11.6 Å². The van der Waals surface area contributed by atoms with Crippen molar-refractivity contribution in [3.05, 3.63) is 36.7 Å². The van der Waals surface area contributed by atoms with Crippen molar-refractivity contribution >= 4 is 22.5 Å². The molecule has 4 rings (SSSR count). The molecule has 6 nitrogen and oxygen atoms in total. The van der Waals surface area contributed by atoms with Crippen molar-refractivity contribution in [2.24, 2.45) is 7.05 Å². The second kappa shape index (κ2) is 6.48. The lowest BCUT2D eigenvalue weighted by Crippen LogP contribution is -2.40. The number of benzene rings is 1. The van der Waals surface area contributed by atoms with Gasteiger partial charge in [0.2, 0.25) is 0 Å². The molecule has 2 heterocycles. The molecule has 1 aromatic carbocycles. The van der Waals surface area contributed by atoms with Gasteiger partial charge in [-0.3, -0.25) is 9.48 Å². The molecule has 0 spiro atoms. The molecule has 3 aromatic rings. The number of halogens is 1. The van der Waals surface area contributed by atoms with Crippen molar-refractivity contribution in [1.82, 2.24) is 20.0 Å². The summed E-state index contributed by atoms with van der Waals surface area (Å²) in [6, 6.07) is 7.61. The highest BCUT2D eigenvalue weighted by atomic mass is 19.1. The van der Waals surface area contributed by atoms with Crippen molar-refractivity contribution in [3.63, 3.8) is 0 Å². The fraction of sp³-hybridized carbons (Fsp3) is 0.368. The third-order valence-corrected chi connectivity index (χ3v) is 4.91. The number of hydrogen-bond acceptors (Lipinski definition) is 4. The summed E-state index contributed by atoms with van der Waals surface area (Å²) >= 11 is 0. The van der Waals surface area contributed by atoms with Crippen LogP contribution in [0.4, 0.5) is 10.2 Å². The molecular formula is C19H20FN5O. The number of alkyl halides is 1. The number of rotatable bonds is 3. The number of anilines is 1. The summed E-state index contributed by atoms with van der Waals surface area (Å²) in [5, 5.41) is 12.5. The molecule has 0 atom stereocenters. The zero-order valence-electron chi connectivity index (χ0n) is 14.6. The van der Waals surface area contributed by atoms with Gasteiger partial charge in [0, 0.05) is 24.2 Å². The van der Waals surface area contributed by atoms with Crippen LogP contribution >= 0.6 is 0 Å². The average Bonchev–Trinajstić information content (AvgIpc) is 3.08. The molecule has 1 fully saturated rings. The van der Waals surface area contributed by atoms with E-state index in [2.05, 4.69) is 20.6 Å². The molecule has 7 heteroatoms. The van der Waals surface area contributed by atoms with Crippen LogP contribution in [-0.4, -0.2) is 31.6 Å². The fourth-order valence-corrected chi connectivity index (χ4v) is 3.42. The predicted molar refractivity (Wildman–Crippen MR) is 97.3 cm³/mol. The monoisotopic (exact) mass is 353 g/mol. The SMILES string of the molecule is Cn1cc(-c2ccc3cnc(NC(=O)C4(F)CCCCC4)cc3c2)nn1. The van der Waals surface area contributed by atoms with E-state index in [1.807, 2.05) is 31.4 Å². The number of nitrogens with one attached hydrogen (secondary N) is 1. The Labute approximate surface area is 150 Å². The maximum Gasteiger partial charge on any atom is 0.263 e. The first-order chi connectivity index (χ1) is 12.5. The Hall–Kier alpha value is -2.83. The van der Waals surface area contributed by atoms with Crippen molar-refractivity contribution in [2.45, 2.75) is 37.8 Å². The average molecular weight is 353 g/mol. The van der Waals surface area contributed by atoms with E-state index in [-0.39, 0.29) is 12.8 Å². The quantitative estimate of drug-likeness (QED) is 0.780. The van der Waals surface area contributed by atoms with Gasteiger partial charge in [0.15, 0.2) is 5.67 Å². The molecule has 2 aromatic heterocycles. The molecule has 0 aliphatic heterocycles. The van der Waals surface area contributed by atoms with E-state index in [1.165, 1.54) is 0 Å². The van der Waals surface area contributed by atoms with Crippen molar-refractivity contribution in [2.75, 3.05) is 5.32 Å². The number of aryl methyl sites for hydroxylation is 1. The second-order valence-electron chi connectivity index (χ2n) is 6.89. The van der Waals surface area contributed by atoms with E-state index in [4.69, 9.17) is 0 Å². The Morgan fingerprint density at radius 3 is 2.73 bits per heavy atom. The molecule has 1 saturated carbocycles. The predicted octanol–water partition coefficient (Wildman–Crippen LogP) is 3.64. The number of carbonyl (C=O) groups excluding carboxylic acids is 1. The standard InChI is InChI=1S/C19H20FN5O/c1-25-12-16(23-24-25)13-5-6-14-11-21-17(10-15(14)9-13)22-18(26)19(20)7-3-2-4-8-19/h5-6,9-12H,2-4,7-8H2,1H3,(H,21,22,26). The van der Waals surface area contributed by atoms with Gasteiger partial charge in [-0.2, -0.15) is 0 Å². The lowest BCUT2D eigenvalue weighted by atomic mass is 9.86. The van der Waals surface area contributed by atoms with Gasteiger partial charge in [-0.25, -0.2) is 9.37 Å². The highest BCUT2D eigenvalue weighted by molar-refractivity contribution is 5.98. The minimum Gasteiger partial charge on any atom is -0.308 e. The molecule has 26 heavy (non-hydrogen) atoms. The first-order valence-corrected chi connectivity index (χ1v) is 8.80. The Kier molecular flexibility index (Phi) is 4.14. The third kappa shape index (κ3) is 3.16. The molecule has 0 radical (unpaired) electrons. The number of hydrogen-bond donors (Lipinski definition) is 1. The van der Waals surface area contributed by atoms with Crippen LogP contribution in [0.2, 0.25) is 0 Å². The zero-order chi connectivity index (χ0) is 18.1. The minimum atomic E-state index is -1.78. The maximum absolute atomic E-state index is 14.8. The second-order valence-corrected chi connectivity index (χ2v) is 6.89. The van der Waals surface area contributed by atoms with Crippen molar-refractivity contribution < 1.29 is 9.18 Å². The normalized spacial score (nSPS) is 16.5. The summed E-state index contributed by atoms with van der Waals surface area (Å²) in [6.45, 7) is 0. The largest absolute Gasteiger partial charge is 0.308 e. The van der Waals surface area contributed by atoms with Crippen LogP contribution in [0.3, 0.4) is 0 Å². The van der Waals surface area contributed by atoms with Gasteiger partial charge >= 0.3 is 0 Å². The number of carbonyl (C=O) groups is 1. The van der Waals surface area contributed by atoms with E-state index in [0.29, 0.717) is 5.82 Å². The van der Waals surface area contributed by atoms with Crippen LogP contribution in [0.1, 0.15) is 32.1 Å². The topological polar surface area (TPSA) is 72.7 Å². The molecule has 1 aliphatic rings. The first kappa shape index (κ1) is 16.6. The van der Waals surface area contributed by atoms with Crippen molar-refractivity contribution in [3.8, 4) is 11.3 Å². The molecule has 1 amide bonds. The van der Waals surface area contributed by atoms with Crippen LogP contribution in [0.15, 0.2) is 36.7 Å². The highest BCUT2D eigenvalue weighted by Gasteiger charge is 2.39. The van der Waals surface area contributed by atoms with Gasteiger partial charge in [-0.05, 0) is 43.2 Å². The van der Waals surface area contributed by atoms with Gasteiger partial charge in [-0.15, -0.1) is 5.10 Å². The number of aromatic nitrogens is 4. The fourth-order valence-electron chi connectivity index (χ4n) is 3.42. The molecular weight excluding hydrogens is 333 g/mol. The Bertz CT molecular complexity index is 961. The van der Waals surface area contributed by atoms with Crippen LogP contribution in [0.5, 0.6) is 0 Å². The van der Waals surface area contributed by atoms with Gasteiger partial charge in [0.25, 0.3) is 5.91 Å². The molecule has 0 bridgehead atoms. The zero-order valence-corrected chi connectivity index (χ0v) is 14.6. The smallest absolute Gasteiger partial charge is 0.263 e. The minimum absolute atomic E-state index is 0.281. The van der Waals surface area contributed by atoms with E-state index in [9.17, 15) is 9.18 Å². The Morgan fingerprint density at radius 2 is 2.00 bits per heavy atom. The third-order valence-electron chi connectivity index (χ3n) is 4.91. The number of nitrogens with zero attached hydrogens (tertiary/aromatic N) is 4. The Morgan fingerprint density at radius 1 is 1.19 bits per heavy atom. The van der Waals surface area contributed by atoms with E-state index in [1.54, 1.807) is 16.9 Å². The van der Waals surface area contributed by atoms with Crippen molar-refractivity contribution in [1.29, 1.82) is 0 Å². The van der Waals surface area contributed by atoms with Crippen LogP contribution < -0.4 is 5.32 Å². The summed E-state index contributed by atoms with van der Waals surface area (Å²) in [7, 11) is 1.81. The number of fused-ring (bicyclic) bond motifs is 1. The maximum atomic E-state index is 14.8. The summed E-state index contributed by atoms with van der Waals surface area (Å²) in [5.41, 5.74) is -0.0962. The van der Waals surface area contributed by atoms with Gasteiger partial charge in [0.1, 0.15) is 11.5 Å². The first-order valence-electron chi connectivity index (χ1n) is 8.80. The van der Waals surface area contributed by atoms with Crippen LogP contribution in [-0.2, 0) is 11.8 Å². The summed E-state index contributed by atoms with van der Waals surface area (Å²) < 4.78 is 16.4. The van der Waals surface area contributed by atoms with Gasteiger partial charge in [0.05, 0.1) is 6.20 Å². The summed E-state index contributed by atoms with van der Waals surface area (Å²) in [6.07, 6.45) is 6.55. The van der Waals surface area contributed by atoms with E-state index in [0.717, 1.165) is 41.3 Å². The summed E-state index contributed by atoms with van der Waals surface area (Å²) in [4.78, 5) is 16.6. The summed E-state index contributed by atoms with van der Waals surface area (Å²) in [5.74, 6) is -0.226. The van der Waals surface area contributed by atoms with Crippen LogP contribution in [0, 0.1) is 0 Å². The van der Waals surface area contributed by atoms with Gasteiger partial charge in [-0.1, -0.05) is 23.8 Å². The lowest BCUT2D eigenvalue weighted by molar-refractivity contribution is -0.129.